The molecule has 4 nitrogen and oxygen atoms in total. The predicted molar refractivity (Wildman–Crippen MR) is 52.0 cm³/mol. The lowest BCUT2D eigenvalue weighted by molar-refractivity contribution is -0.141. The summed E-state index contributed by atoms with van der Waals surface area (Å²) in [5.41, 5.74) is 0. The van der Waals surface area contributed by atoms with Crippen molar-refractivity contribution in [1.82, 2.24) is 4.98 Å². The number of carbonyl (C=O) groups excluding carboxylic acids is 1. The normalized spacial score (nSPS) is 9.69. The molecule has 0 fully saturated rings. The zero-order valence-electron chi connectivity index (χ0n) is 7.69. The third kappa shape index (κ3) is 3.02. The minimum Gasteiger partial charge on any atom is -0.465 e. The quantitative estimate of drug-likeness (QED) is 0.684. The van der Waals surface area contributed by atoms with E-state index in [-0.39, 0.29) is 12.5 Å². The number of hydrogen-bond acceptors (Lipinski definition) is 5. The molecule has 0 aromatic carbocycles. The van der Waals surface area contributed by atoms with Crippen LogP contribution in [0.2, 0.25) is 0 Å². The summed E-state index contributed by atoms with van der Waals surface area (Å²) in [7, 11) is 1.82. The molecule has 5 heteroatoms. The van der Waals surface area contributed by atoms with Crippen LogP contribution in [0.15, 0.2) is 11.6 Å². The topological polar surface area (TPSA) is 42.4 Å². The van der Waals surface area contributed by atoms with Crippen molar-refractivity contribution in [2.45, 2.75) is 6.92 Å². The second-order valence-corrected chi connectivity index (χ2v) is 3.35. The van der Waals surface area contributed by atoms with Gasteiger partial charge in [-0.15, -0.1) is 11.3 Å². The summed E-state index contributed by atoms with van der Waals surface area (Å²) in [4.78, 5) is 16.9. The van der Waals surface area contributed by atoms with E-state index in [4.69, 9.17) is 4.74 Å². The van der Waals surface area contributed by atoms with Gasteiger partial charge in [-0.3, -0.25) is 4.79 Å². The summed E-state index contributed by atoms with van der Waals surface area (Å²) in [5, 5.41) is 2.70. The van der Waals surface area contributed by atoms with Gasteiger partial charge in [0.15, 0.2) is 5.13 Å². The fourth-order valence-corrected chi connectivity index (χ4v) is 1.48. The van der Waals surface area contributed by atoms with E-state index < -0.39 is 0 Å². The van der Waals surface area contributed by atoms with E-state index in [9.17, 15) is 4.79 Å². The van der Waals surface area contributed by atoms with Gasteiger partial charge in [-0.25, -0.2) is 4.98 Å². The van der Waals surface area contributed by atoms with E-state index in [2.05, 4.69) is 4.98 Å². The monoisotopic (exact) mass is 200 g/mol. The van der Waals surface area contributed by atoms with Gasteiger partial charge in [0.05, 0.1) is 6.61 Å². The van der Waals surface area contributed by atoms with Crippen molar-refractivity contribution >= 4 is 22.4 Å². The maximum Gasteiger partial charge on any atom is 0.325 e. The number of rotatable bonds is 4. The lowest BCUT2D eigenvalue weighted by Gasteiger charge is -2.13. The molecule has 0 aliphatic heterocycles. The van der Waals surface area contributed by atoms with Crippen LogP contribution in [0.1, 0.15) is 6.92 Å². The first-order valence-electron chi connectivity index (χ1n) is 4.00. The Bertz CT molecular complexity index is 261. The number of ether oxygens (including phenoxy) is 1. The summed E-state index contributed by atoms with van der Waals surface area (Å²) < 4.78 is 4.81. The van der Waals surface area contributed by atoms with Crippen LogP contribution in [0.5, 0.6) is 0 Å². The fourth-order valence-electron chi connectivity index (χ4n) is 0.872. The van der Waals surface area contributed by atoms with Crippen molar-refractivity contribution in [3.63, 3.8) is 0 Å². The van der Waals surface area contributed by atoms with Crippen molar-refractivity contribution < 1.29 is 9.53 Å². The van der Waals surface area contributed by atoms with E-state index in [0.29, 0.717) is 6.61 Å². The van der Waals surface area contributed by atoms with Crippen LogP contribution in [-0.4, -0.2) is 31.2 Å². The molecule has 1 aromatic rings. The van der Waals surface area contributed by atoms with Gasteiger partial charge in [-0.2, -0.15) is 0 Å². The smallest absolute Gasteiger partial charge is 0.325 e. The maximum atomic E-state index is 11.1. The van der Waals surface area contributed by atoms with Crippen molar-refractivity contribution in [2.24, 2.45) is 0 Å². The van der Waals surface area contributed by atoms with E-state index in [1.165, 1.54) is 11.3 Å². The van der Waals surface area contributed by atoms with Gasteiger partial charge in [-0.1, -0.05) is 0 Å². The molecule has 1 heterocycles. The van der Waals surface area contributed by atoms with Crippen LogP contribution in [-0.2, 0) is 9.53 Å². The molecule has 0 spiro atoms. The second kappa shape index (κ2) is 4.81. The number of nitrogens with zero attached hydrogens (tertiary/aromatic N) is 2. The molecule has 0 saturated heterocycles. The Morgan fingerprint density at radius 2 is 2.54 bits per heavy atom. The van der Waals surface area contributed by atoms with E-state index in [1.54, 1.807) is 18.0 Å². The SMILES string of the molecule is CCOC(=O)CN(C)c1nccs1. The van der Waals surface area contributed by atoms with E-state index in [1.807, 2.05) is 12.4 Å². The van der Waals surface area contributed by atoms with Gasteiger partial charge in [0.2, 0.25) is 0 Å². The first kappa shape index (κ1) is 9.98. The second-order valence-electron chi connectivity index (χ2n) is 2.48. The Morgan fingerprint density at radius 1 is 1.77 bits per heavy atom. The number of aromatic nitrogens is 1. The lowest BCUT2D eigenvalue weighted by atomic mass is 10.6. The highest BCUT2D eigenvalue weighted by Gasteiger charge is 2.08. The van der Waals surface area contributed by atoms with E-state index in [0.717, 1.165) is 5.13 Å². The number of esters is 1. The highest BCUT2D eigenvalue weighted by atomic mass is 32.1. The largest absolute Gasteiger partial charge is 0.465 e. The molecule has 0 saturated carbocycles. The highest BCUT2D eigenvalue weighted by Crippen LogP contribution is 2.14. The van der Waals surface area contributed by atoms with Crippen LogP contribution < -0.4 is 4.90 Å². The van der Waals surface area contributed by atoms with Crippen LogP contribution in [0, 0.1) is 0 Å². The summed E-state index contributed by atoms with van der Waals surface area (Å²) in [6.45, 7) is 2.47. The molecule has 0 N–H and O–H groups in total. The molecule has 0 aliphatic rings. The van der Waals surface area contributed by atoms with Crippen LogP contribution >= 0.6 is 11.3 Å². The first-order valence-corrected chi connectivity index (χ1v) is 4.88. The molecule has 72 valence electrons. The molecule has 0 amide bonds. The third-order valence-electron chi connectivity index (χ3n) is 1.42. The minimum atomic E-state index is -0.222. The zero-order chi connectivity index (χ0) is 9.68. The van der Waals surface area contributed by atoms with E-state index >= 15 is 0 Å². The van der Waals surface area contributed by atoms with Crippen LogP contribution in [0.3, 0.4) is 0 Å². The number of thiazole rings is 1. The molecule has 0 bridgehead atoms. The van der Waals surface area contributed by atoms with Gasteiger partial charge in [-0.05, 0) is 6.92 Å². The summed E-state index contributed by atoms with van der Waals surface area (Å²) in [5.74, 6) is -0.222. The Morgan fingerprint density at radius 3 is 3.08 bits per heavy atom. The molecule has 13 heavy (non-hydrogen) atoms. The highest BCUT2D eigenvalue weighted by molar-refractivity contribution is 7.13. The van der Waals surface area contributed by atoms with Crippen molar-refractivity contribution in [2.75, 3.05) is 25.1 Å². The Kier molecular flexibility index (Phi) is 3.70. The molecule has 0 unspecified atom stereocenters. The van der Waals surface area contributed by atoms with Crippen molar-refractivity contribution in [1.29, 1.82) is 0 Å². The molecule has 0 aliphatic carbocycles. The Hall–Kier alpha value is -1.10. The number of carbonyl (C=O) groups is 1. The Balaban J connectivity index is 2.42. The van der Waals surface area contributed by atoms with Gasteiger partial charge < -0.3 is 9.64 Å². The average Bonchev–Trinajstić information content (AvgIpc) is 2.55. The molecular formula is C8H12N2O2S. The summed E-state index contributed by atoms with van der Waals surface area (Å²) >= 11 is 1.50. The van der Waals surface area contributed by atoms with Crippen molar-refractivity contribution in [3.05, 3.63) is 11.6 Å². The molecule has 1 aromatic heterocycles. The fraction of sp³-hybridized carbons (Fsp3) is 0.500. The number of likely N-dealkylation sites (N-methyl/N-ethyl adjacent to an activating group) is 1. The van der Waals surface area contributed by atoms with Gasteiger partial charge >= 0.3 is 5.97 Å². The predicted octanol–water partition coefficient (Wildman–Crippen LogP) is 1.14. The van der Waals surface area contributed by atoms with Crippen LogP contribution in [0.4, 0.5) is 5.13 Å². The molecular weight excluding hydrogens is 188 g/mol. The number of anilines is 1. The molecule has 1 rings (SSSR count). The van der Waals surface area contributed by atoms with Gasteiger partial charge in [0.1, 0.15) is 6.54 Å². The summed E-state index contributed by atoms with van der Waals surface area (Å²) in [6, 6.07) is 0. The third-order valence-corrected chi connectivity index (χ3v) is 2.30. The molecule has 0 atom stereocenters. The van der Waals surface area contributed by atoms with Crippen molar-refractivity contribution in [3.8, 4) is 0 Å². The Labute approximate surface area is 81.2 Å². The minimum absolute atomic E-state index is 0.222. The standard InChI is InChI=1S/C8H12N2O2S/c1-3-12-7(11)6-10(2)8-9-4-5-13-8/h4-5H,3,6H2,1-2H3. The zero-order valence-corrected chi connectivity index (χ0v) is 8.50. The first-order chi connectivity index (χ1) is 6.24. The lowest BCUT2D eigenvalue weighted by Crippen LogP contribution is -2.26. The van der Waals surface area contributed by atoms with Gasteiger partial charge in [0, 0.05) is 18.6 Å². The van der Waals surface area contributed by atoms with Gasteiger partial charge in [0.25, 0.3) is 0 Å². The maximum absolute atomic E-state index is 11.1. The number of hydrogen-bond donors (Lipinski definition) is 0. The van der Waals surface area contributed by atoms with Crippen LogP contribution in [0.25, 0.3) is 0 Å². The summed E-state index contributed by atoms with van der Waals surface area (Å²) in [6.07, 6.45) is 1.71. The molecule has 0 radical (unpaired) electrons. The average molecular weight is 200 g/mol.